The van der Waals surface area contributed by atoms with Gasteiger partial charge in [-0.2, -0.15) is 0 Å². The van der Waals surface area contributed by atoms with Crippen molar-refractivity contribution < 1.29 is 8.42 Å². The van der Waals surface area contributed by atoms with E-state index in [0.29, 0.717) is 11.6 Å². The average molecular weight is 238 g/mol. The molecule has 6 heteroatoms. The summed E-state index contributed by atoms with van der Waals surface area (Å²) in [5.41, 5.74) is 0.571. The first-order valence-corrected chi connectivity index (χ1v) is 7.27. The molecule has 3 nitrogen and oxygen atoms in total. The van der Waals surface area contributed by atoms with Crippen LogP contribution in [0, 0.1) is 0 Å². The van der Waals surface area contributed by atoms with Crippen LogP contribution in [0.15, 0.2) is 5.38 Å². The van der Waals surface area contributed by atoms with Crippen LogP contribution in [0.1, 0.15) is 29.5 Å². The third-order valence-electron chi connectivity index (χ3n) is 1.82. The highest BCUT2D eigenvalue weighted by Crippen LogP contribution is 2.41. The first-order valence-electron chi connectivity index (χ1n) is 3.91. The maximum Gasteiger partial charge on any atom is 0.238 e. The Morgan fingerprint density at radius 2 is 2.31 bits per heavy atom. The van der Waals surface area contributed by atoms with Crippen molar-refractivity contribution in [2.45, 2.75) is 24.5 Å². The third kappa shape index (κ3) is 2.65. The van der Waals surface area contributed by atoms with E-state index < -0.39 is 9.05 Å². The molecular weight excluding hydrogens is 230 g/mol. The topological polar surface area (TPSA) is 47.0 Å². The van der Waals surface area contributed by atoms with E-state index >= 15 is 0 Å². The molecule has 1 aromatic heterocycles. The highest BCUT2D eigenvalue weighted by Gasteiger charge is 2.27. The molecule has 0 spiro atoms. The van der Waals surface area contributed by atoms with Crippen molar-refractivity contribution in [3.8, 4) is 0 Å². The van der Waals surface area contributed by atoms with E-state index in [1.165, 1.54) is 24.2 Å². The molecule has 1 fully saturated rings. The van der Waals surface area contributed by atoms with Crippen LogP contribution in [0.3, 0.4) is 0 Å². The Morgan fingerprint density at radius 1 is 1.62 bits per heavy atom. The summed E-state index contributed by atoms with van der Waals surface area (Å²) in [7, 11) is 1.66. The fraction of sp³-hybridized carbons (Fsp3) is 0.571. The molecule has 1 saturated carbocycles. The molecule has 0 atom stereocenters. The summed E-state index contributed by atoms with van der Waals surface area (Å²) >= 11 is 1.53. The zero-order valence-electron chi connectivity index (χ0n) is 6.73. The predicted octanol–water partition coefficient (Wildman–Crippen LogP) is 2.09. The van der Waals surface area contributed by atoms with Gasteiger partial charge >= 0.3 is 0 Å². The Morgan fingerprint density at radius 3 is 2.85 bits per heavy atom. The molecule has 0 saturated heterocycles. The Kier molecular flexibility index (Phi) is 2.33. The molecule has 2 rings (SSSR count). The second-order valence-corrected chi connectivity index (χ2v) is 6.80. The fourth-order valence-corrected chi connectivity index (χ4v) is 3.02. The number of hydrogen-bond donors (Lipinski definition) is 0. The second kappa shape index (κ2) is 3.22. The third-order valence-corrected chi connectivity index (χ3v) is 3.84. The number of hydrogen-bond acceptors (Lipinski definition) is 4. The first kappa shape index (κ1) is 9.43. The van der Waals surface area contributed by atoms with Gasteiger partial charge in [0, 0.05) is 22.0 Å². The largest absolute Gasteiger partial charge is 0.245 e. The SMILES string of the molecule is O=S(=O)(Cl)Cc1csc(C2CC2)n1. The zero-order chi connectivity index (χ0) is 9.47. The van der Waals surface area contributed by atoms with Gasteiger partial charge in [0.25, 0.3) is 0 Å². The molecule has 0 amide bonds. The summed E-state index contributed by atoms with van der Waals surface area (Å²) in [5.74, 6) is 0.425. The molecular formula is C7H8ClNO2S2. The van der Waals surface area contributed by atoms with E-state index in [2.05, 4.69) is 4.98 Å². The predicted molar refractivity (Wildman–Crippen MR) is 52.6 cm³/mol. The summed E-state index contributed by atoms with van der Waals surface area (Å²) in [6.45, 7) is 0. The quantitative estimate of drug-likeness (QED) is 0.757. The lowest BCUT2D eigenvalue weighted by Gasteiger charge is -1.89. The van der Waals surface area contributed by atoms with Crippen molar-refractivity contribution in [2.24, 2.45) is 0 Å². The molecule has 0 unspecified atom stereocenters. The van der Waals surface area contributed by atoms with Crippen LogP contribution in [-0.2, 0) is 14.8 Å². The lowest BCUT2D eigenvalue weighted by molar-refractivity contribution is 0.608. The van der Waals surface area contributed by atoms with Crippen LogP contribution in [0.25, 0.3) is 0 Å². The standard InChI is InChI=1S/C7H8ClNO2S2/c8-13(10,11)4-6-3-12-7(9-6)5-1-2-5/h3,5H,1-2,4H2. The van der Waals surface area contributed by atoms with Gasteiger partial charge in [-0.1, -0.05) is 0 Å². The van der Waals surface area contributed by atoms with Crippen LogP contribution in [0.5, 0.6) is 0 Å². The van der Waals surface area contributed by atoms with Gasteiger partial charge in [-0.05, 0) is 12.8 Å². The van der Waals surface area contributed by atoms with E-state index in [9.17, 15) is 8.42 Å². The summed E-state index contributed by atoms with van der Waals surface area (Å²) in [4.78, 5) is 4.21. The van der Waals surface area contributed by atoms with Gasteiger partial charge in [0.2, 0.25) is 9.05 Å². The van der Waals surface area contributed by atoms with Crippen molar-refractivity contribution in [3.05, 3.63) is 16.1 Å². The van der Waals surface area contributed by atoms with Gasteiger partial charge in [-0.3, -0.25) is 0 Å². The van der Waals surface area contributed by atoms with Crippen molar-refractivity contribution in [1.29, 1.82) is 0 Å². The highest BCUT2D eigenvalue weighted by molar-refractivity contribution is 8.13. The normalized spacial score (nSPS) is 17.6. The Hall–Kier alpha value is -0.130. The van der Waals surface area contributed by atoms with Gasteiger partial charge in [-0.25, -0.2) is 13.4 Å². The Balaban J connectivity index is 2.13. The van der Waals surface area contributed by atoms with Crippen molar-refractivity contribution >= 4 is 31.1 Å². The summed E-state index contributed by atoms with van der Waals surface area (Å²) < 4.78 is 21.5. The lowest BCUT2D eigenvalue weighted by Crippen LogP contribution is -1.95. The number of aromatic nitrogens is 1. The summed E-state index contributed by atoms with van der Waals surface area (Å²) in [6.07, 6.45) is 2.36. The number of nitrogens with zero attached hydrogens (tertiary/aromatic N) is 1. The van der Waals surface area contributed by atoms with E-state index in [1.807, 2.05) is 0 Å². The first-order chi connectivity index (χ1) is 6.04. The van der Waals surface area contributed by atoms with Crippen LogP contribution in [0.2, 0.25) is 0 Å². The molecule has 1 aliphatic rings. The number of thiazole rings is 1. The van der Waals surface area contributed by atoms with Crippen molar-refractivity contribution in [3.63, 3.8) is 0 Å². The van der Waals surface area contributed by atoms with E-state index in [1.54, 1.807) is 5.38 Å². The highest BCUT2D eigenvalue weighted by atomic mass is 35.7. The fourth-order valence-electron chi connectivity index (χ4n) is 1.08. The van der Waals surface area contributed by atoms with Gasteiger partial charge in [0.1, 0.15) is 5.75 Å². The minimum Gasteiger partial charge on any atom is -0.245 e. The lowest BCUT2D eigenvalue weighted by atomic mass is 10.4. The monoisotopic (exact) mass is 237 g/mol. The molecule has 1 aliphatic carbocycles. The number of halogens is 1. The maximum atomic E-state index is 10.7. The van der Waals surface area contributed by atoms with Crippen molar-refractivity contribution in [2.75, 3.05) is 0 Å². The molecule has 1 aromatic rings. The molecule has 72 valence electrons. The van der Waals surface area contributed by atoms with E-state index in [-0.39, 0.29) is 5.75 Å². The van der Waals surface area contributed by atoms with Crippen LogP contribution in [-0.4, -0.2) is 13.4 Å². The van der Waals surface area contributed by atoms with E-state index in [4.69, 9.17) is 10.7 Å². The van der Waals surface area contributed by atoms with Crippen LogP contribution >= 0.6 is 22.0 Å². The minimum atomic E-state index is -3.45. The average Bonchev–Trinajstić information content (AvgIpc) is 2.72. The smallest absolute Gasteiger partial charge is 0.238 e. The second-order valence-electron chi connectivity index (χ2n) is 3.13. The van der Waals surface area contributed by atoms with Gasteiger partial charge in [0.05, 0.1) is 10.7 Å². The Bertz CT molecular complexity index is 408. The van der Waals surface area contributed by atoms with Crippen molar-refractivity contribution in [1.82, 2.24) is 4.98 Å². The minimum absolute atomic E-state index is 0.155. The van der Waals surface area contributed by atoms with Gasteiger partial charge < -0.3 is 0 Å². The molecule has 13 heavy (non-hydrogen) atoms. The molecule has 0 radical (unpaired) electrons. The zero-order valence-corrected chi connectivity index (χ0v) is 9.12. The molecule has 0 aromatic carbocycles. The van der Waals surface area contributed by atoms with Gasteiger partial charge in [-0.15, -0.1) is 11.3 Å². The summed E-state index contributed by atoms with van der Waals surface area (Å²) in [6, 6.07) is 0. The van der Waals surface area contributed by atoms with Crippen LogP contribution < -0.4 is 0 Å². The van der Waals surface area contributed by atoms with E-state index in [0.717, 1.165) is 5.01 Å². The van der Waals surface area contributed by atoms with Gasteiger partial charge in [0.15, 0.2) is 0 Å². The molecule has 0 aliphatic heterocycles. The summed E-state index contributed by atoms with van der Waals surface area (Å²) in [5, 5.41) is 2.82. The molecule has 0 bridgehead atoms. The molecule has 0 N–H and O–H groups in total. The molecule has 1 heterocycles. The number of rotatable bonds is 3. The Labute approximate surface area is 85.2 Å². The maximum absolute atomic E-state index is 10.7. The van der Waals surface area contributed by atoms with Crippen LogP contribution in [0.4, 0.5) is 0 Å².